The number of ether oxygens (including phenoxy) is 1. The van der Waals surface area contributed by atoms with Crippen LogP contribution in [0, 0.1) is 0 Å². The standard InChI is InChI=1S/C16H14ClN3O3/c17-11-2-4-12(5-3-11)19-16(22)18-8-10-1-6-14-13(7-10)20-15(21)9-23-14/h1-7H,8-9H2,(H,20,21)(H2,18,19,22). The van der Waals surface area contributed by atoms with Crippen molar-refractivity contribution in [3.63, 3.8) is 0 Å². The van der Waals surface area contributed by atoms with Crippen molar-refractivity contribution in [2.75, 3.05) is 17.2 Å². The van der Waals surface area contributed by atoms with Gasteiger partial charge >= 0.3 is 6.03 Å². The van der Waals surface area contributed by atoms with E-state index in [4.69, 9.17) is 16.3 Å². The minimum absolute atomic E-state index is 0.0219. The van der Waals surface area contributed by atoms with E-state index in [1.165, 1.54) is 0 Å². The molecular formula is C16H14ClN3O3. The Morgan fingerprint density at radius 3 is 2.78 bits per heavy atom. The monoisotopic (exact) mass is 331 g/mol. The van der Waals surface area contributed by atoms with Crippen LogP contribution in [-0.4, -0.2) is 18.5 Å². The van der Waals surface area contributed by atoms with Crippen LogP contribution in [-0.2, 0) is 11.3 Å². The maximum absolute atomic E-state index is 11.9. The lowest BCUT2D eigenvalue weighted by Crippen LogP contribution is -2.28. The fourth-order valence-corrected chi connectivity index (χ4v) is 2.26. The Kier molecular flexibility index (Phi) is 4.34. The largest absolute Gasteiger partial charge is 0.482 e. The van der Waals surface area contributed by atoms with E-state index < -0.39 is 0 Å². The van der Waals surface area contributed by atoms with Crippen molar-refractivity contribution in [1.29, 1.82) is 0 Å². The lowest BCUT2D eigenvalue weighted by Gasteiger charge is -2.18. The molecule has 2 aromatic carbocycles. The van der Waals surface area contributed by atoms with E-state index in [1.54, 1.807) is 36.4 Å². The molecule has 1 aliphatic heterocycles. The Labute approximate surface area is 137 Å². The molecule has 3 rings (SSSR count). The molecule has 0 unspecified atom stereocenters. The Hall–Kier alpha value is -2.73. The summed E-state index contributed by atoms with van der Waals surface area (Å²) < 4.78 is 5.28. The second kappa shape index (κ2) is 6.58. The van der Waals surface area contributed by atoms with Crippen LogP contribution in [0.4, 0.5) is 16.2 Å². The van der Waals surface area contributed by atoms with Crippen molar-refractivity contribution in [3.05, 3.63) is 53.1 Å². The maximum Gasteiger partial charge on any atom is 0.319 e. The van der Waals surface area contributed by atoms with E-state index in [-0.39, 0.29) is 18.5 Å². The predicted octanol–water partition coefficient (Wildman–Crippen LogP) is 2.99. The molecule has 0 atom stereocenters. The van der Waals surface area contributed by atoms with Crippen molar-refractivity contribution in [1.82, 2.24) is 5.32 Å². The molecule has 0 saturated carbocycles. The molecule has 118 valence electrons. The van der Waals surface area contributed by atoms with E-state index in [0.29, 0.717) is 28.7 Å². The molecular weight excluding hydrogens is 318 g/mol. The van der Waals surface area contributed by atoms with Crippen LogP contribution in [0.1, 0.15) is 5.56 Å². The number of anilines is 2. The van der Waals surface area contributed by atoms with Crippen LogP contribution in [0.15, 0.2) is 42.5 Å². The molecule has 23 heavy (non-hydrogen) atoms. The third-order valence-electron chi connectivity index (χ3n) is 3.23. The third kappa shape index (κ3) is 3.92. The minimum Gasteiger partial charge on any atom is -0.482 e. The number of amides is 3. The number of hydrogen-bond acceptors (Lipinski definition) is 3. The lowest BCUT2D eigenvalue weighted by atomic mass is 10.1. The summed E-state index contributed by atoms with van der Waals surface area (Å²) in [6.07, 6.45) is 0. The predicted molar refractivity (Wildman–Crippen MR) is 87.9 cm³/mol. The van der Waals surface area contributed by atoms with Gasteiger partial charge in [0, 0.05) is 17.3 Å². The van der Waals surface area contributed by atoms with Crippen LogP contribution in [0.25, 0.3) is 0 Å². The summed E-state index contributed by atoms with van der Waals surface area (Å²) in [5, 5.41) is 8.78. The van der Waals surface area contributed by atoms with Crippen molar-refractivity contribution in [2.45, 2.75) is 6.54 Å². The van der Waals surface area contributed by atoms with E-state index in [2.05, 4.69) is 16.0 Å². The Morgan fingerprint density at radius 2 is 2.00 bits per heavy atom. The highest BCUT2D eigenvalue weighted by Crippen LogP contribution is 2.28. The van der Waals surface area contributed by atoms with Crippen LogP contribution < -0.4 is 20.7 Å². The number of hydrogen-bond donors (Lipinski definition) is 3. The van der Waals surface area contributed by atoms with Gasteiger partial charge in [0.05, 0.1) is 5.69 Å². The van der Waals surface area contributed by atoms with Gasteiger partial charge in [-0.2, -0.15) is 0 Å². The maximum atomic E-state index is 11.9. The molecule has 6 nitrogen and oxygen atoms in total. The first-order valence-corrected chi connectivity index (χ1v) is 7.34. The van der Waals surface area contributed by atoms with Crippen LogP contribution >= 0.6 is 11.6 Å². The van der Waals surface area contributed by atoms with Gasteiger partial charge in [-0.3, -0.25) is 4.79 Å². The zero-order valence-electron chi connectivity index (χ0n) is 12.1. The van der Waals surface area contributed by atoms with Gasteiger partial charge < -0.3 is 20.7 Å². The normalized spacial score (nSPS) is 12.7. The number of carbonyl (C=O) groups is 2. The molecule has 2 aromatic rings. The summed E-state index contributed by atoms with van der Waals surface area (Å²) in [6.45, 7) is 0.344. The fourth-order valence-electron chi connectivity index (χ4n) is 2.13. The van der Waals surface area contributed by atoms with Gasteiger partial charge in [-0.1, -0.05) is 17.7 Å². The molecule has 0 bridgehead atoms. The molecule has 0 aromatic heterocycles. The van der Waals surface area contributed by atoms with Gasteiger partial charge in [-0.15, -0.1) is 0 Å². The third-order valence-corrected chi connectivity index (χ3v) is 3.48. The summed E-state index contributed by atoms with van der Waals surface area (Å²) in [5.74, 6) is 0.432. The quantitative estimate of drug-likeness (QED) is 0.809. The molecule has 0 aliphatic carbocycles. The first-order chi connectivity index (χ1) is 11.1. The van der Waals surface area contributed by atoms with E-state index in [1.807, 2.05) is 6.07 Å². The smallest absolute Gasteiger partial charge is 0.319 e. The van der Waals surface area contributed by atoms with Gasteiger partial charge in [-0.05, 0) is 42.0 Å². The van der Waals surface area contributed by atoms with Crippen LogP contribution in [0.3, 0.4) is 0 Å². The zero-order valence-corrected chi connectivity index (χ0v) is 12.8. The average Bonchev–Trinajstić information content (AvgIpc) is 2.54. The average molecular weight is 332 g/mol. The molecule has 0 saturated heterocycles. The Bertz CT molecular complexity index is 747. The molecule has 1 heterocycles. The highest BCUT2D eigenvalue weighted by Gasteiger charge is 2.15. The highest BCUT2D eigenvalue weighted by molar-refractivity contribution is 6.30. The molecule has 3 amide bonds. The van der Waals surface area contributed by atoms with E-state index >= 15 is 0 Å². The van der Waals surface area contributed by atoms with Crippen molar-refractivity contribution >= 4 is 34.9 Å². The van der Waals surface area contributed by atoms with Crippen molar-refractivity contribution in [2.24, 2.45) is 0 Å². The van der Waals surface area contributed by atoms with Crippen molar-refractivity contribution < 1.29 is 14.3 Å². The van der Waals surface area contributed by atoms with Crippen molar-refractivity contribution in [3.8, 4) is 5.75 Å². The molecule has 0 spiro atoms. The SMILES string of the molecule is O=C1COc2ccc(CNC(=O)Nc3ccc(Cl)cc3)cc2N1. The van der Waals surface area contributed by atoms with Gasteiger partial charge in [0.15, 0.2) is 6.61 Å². The molecule has 0 radical (unpaired) electrons. The first kappa shape index (κ1) is 15.2. The Balaban J connectivity index is 1.57. The summed E-state index contributed by atoms with van der Waals surface area (Å²) in [6, 6.07) is 11.9. The fraction of sp³-hybridized carbons (Fsp3) is 0.125. The second-order valence-electron chi connectivity index (χ2n) is 4.98. The number of urea groups is 1. The van der Waals surface area contributed by atoms with Gasteiger partial charge in [0.2, 0.25) is 0 Å². The number of carbonyl (C=O) groups excluding carboxylic acids is 2. The van der Waals surface area contributed by atoms with Gasteiger partial charge in [0.25, 0.3) is 5.91 Å². The summed E-state index contributed by atoms with van der Waals surface area (Å²) >= 11 is 5.79. The summed E-state index contributed by atoms with van der Waals surface area (Å²) in [5.41, 5.74) is 2.11. The van der Waals surface area contributed by atoms with Crippen LogP contribution in [0.2, 0.25) is 5.02 Å². The second-order valence-corrected chi connectivity index (χ2v) is 5.42. The molecule has 3 N–H and O–H groups in total. The van der Waals surface area contributed by atoms with Gasteiger partial charge in [-0.25, -0.2) is 4.79 Å². The minimum atomic E-state index is -0.328. The molecule has 7 heteroatoms. The highest BCUT2D eigenvalue weighted by atomic mass is 35.5. The number of rotatable bonds is 3. The number of halogens is 1. The zero-order chi connectivity index (χ0) is 16.2. The number of benzene rings is 2. The lowest BCUT2D eigenvalue weighted by molar-refractivity contribution is -0.118. The summed E-state index contributed by atoms with van der Waals surface area (Å²) in [7, 11) is 0. The van der Waals surface area contributed by atoms with Gasteiger partial charge in [0.1, 0.15) is 5.75 Å². The Morgan fingerprint density at radius 1 is 1.22 bits per heavy atom. The first-order valence-electron chi connectivity index (χ1n) is 6.96. The topological polar surface area (TPSA) is 79.5 Å². The number of nitrogens with one attached hydrogen (secondary N) is 3. The molecule has 1 aliphatic rings. The van der Waals surface area contributed by atoms with E-state index in [0.717, 1.165) is 5.56 Å². The number of fused-ring (bicyclic) bond motifs is 1. The van der Waals surface area contributed by atoms with E-state index in [9.17, 15) is 9.59 Å². The molecule has 0 fully saturated rings. The van der Waals surface area contributed by atoms with Crippen LogP contribution in [0.5, 0.6) is 5.75 Å². The summed E-state index contributed by atoms with van der Waals surface area (Å²) in [4.78, 5) is 23.2.